The molecule has 0 bridgehead atoms. The highest BCUT2D eigenvalue weighted by Crippen LogP contribution is 2.35. The average Bonchev–Trinajstić information content (AvgIpc) is 2.34. The molecule has 0 spiro atoms. The number of methoxy groups -OCH3 is 1. The van der Waals surface area contributed by atoms with Gasteiger partial charge in [0.25, 0.3) is 0 Å². The van der Waals surface area contributed by atoms with Gasteiger partial charge in [-0.05, 0) is 41.6 Å². The summed E-state index contributed by atoms with van der Waals surface area (Å²) in [6.45, 7) is 5.46. The van der Waals surface area contributed by atoms with E-state index in [1.165, 1.54) is 5.56 Å². The number of likely N-dealkylation sites (N-methyl/N-ethyl adjacent to an activating group) is 1. The van der Waals surface area contributed by atoms with Crippen LogP contribution in [-0.4, -0.2) is 25.5 Å². The lowest BCUT2D eigenvalue weighted by Gasteiger charge is -2.29. The van der Waals surface area contributed by atoms with Gasteiger partial charge in [-0.1, -0.05) is 26.8 Å². The van der Waals surface area contributed by atoms with E-state index in [4.69, 9.17) is 8.85 Å². The summed E-state index contributed by atoms with van der Waals surface area (Å²) in [5, 5.41) is 0. The second-order valence-corrected chi connectivity index (χ2v) is 5.74. The maximum Gasteiger partial charge on any atom is 0.122 e. The van der Waals surface area contributed by atoms with Crippen LogP contribution in [0, 0.1) is 0 Å². The van der Waals surface area contributed by atoms with Crippen molar-refractivity contribution in [3.05, 3.63) is 28.8 Å². The lowest BCUT2D eigenvalue weighted by molar-refractivity contribution is 0.311. The maximum absolute atomic E-state index is 7.56. The smallest absolute Gasteiger partial charge is 0.122 e. The Morgan fingerprint density at radius 1 is 1.29 bits per heavy atom. The Labute approximate surface area is 109 Å². The van der Waals surface area contributed by atoms with Gasteiger partial charge in [-0.25, -0.2) is 0 Å². The first kappa shape index (κ1) is 8.98. The van der Waals surface area contributed by atoms with Crippen molar-refractivity contribution in [3.8, 4) is 5.75 Å². The average molecular weight is 236 g/mol. The number of fused-ring (bicyclic) bond motifs is 1. The minimum atomic E-state index is -2.01. The second kappa shape index (κ2) is 4.34. The molecule has 0 radical (unpaired) electrons. The van der Waals surface area contributed by atoms with E-state index in [1.807, 2.05) is 0 Å². The molecular weight excluding hydrogens is 210 g/mol. The number of nitrogens with zero attached hydrogens (tertiary/aromatic N) is 1. The number of ether oxygens (including phenoxy) is 1. The summed E-state index contributed by atoms with van der Waals surface area (Å²) in [5.74, 6) is 0.901. The summed E-state index contributed by atoms with van der Waals surface area (Å²) >= 11 is 0. The summed E-state index contributed by atoms with van der Waals surface area (Å²) in [5.41, 5.74) is 3.42. The standard InChI is InChI=1S/C15H23NO/c1-15(2,3)13-8-12-10-16(4)7-6-11(12)9-14(13)17-5/h8-9H,6-7,10H2,1-5H3/i4D3. The van der Waals surface area contributed by atoms with E-state index in [1.54, 1.807) is 12.0 Å². The van der Waals surface area contributed by atoms with Gasteiger partial charge in [0, 0.05) is 17.2 Å². The molecule has 1 aromatic rings. The first-order chi connectivity index (χ1) is 9.13. The Kier molecular flexibility index (Phi) is 2.29. The molecule has 0 aromatic heterocycles. The van der Waals surface area contributed by atoms with Crippen LogP contribution in [0.15, 0.2) is 12.1 Å². The van der Waals surface area contributed by atoms with Crippen LogP contribution in [0.1, 0.15) is 41.6 Å². The topological polar surface area (TPSA) is 12.5 Å². The van der Waals surface area contributed by atoms with Crippen LogP contribution in [0.5, 0.6) is 5.75 Å². The predicted octanol–water partition coefficient (Wildman–Crippen LogP) is 2.98. The van der Waals surface area contributed by atoms with Crippen molar-refractivity contribution in [2.75, 3.05) is 20.6 Å². The van der Waals surface area contributed by atoms with Gasteiger partial charge in [-0.15, -0.1) is 0 Å². The third kappa shape index (κ3) is 2.47. The summed E-state index contributed by atoms with van der Waals surface area (Å²) in [7, 11) is 1.69. The molecule has 2 nitrogen and oxygen atoms in total. The van der Waals surface area contributed by atoms with Crippen LogP contribution >= 0.6 is 0 Å². The van der Waals surface area contributed by atoms with Crippen LogP contribution in [0.3, 0.4) is 0 Å². The number of rotatable bonds is 1. The highest BCUT2D eigenvalue weighted by atomic mass is 16.5. The molecular formula is C15H23NO. The molecule has 0 atom stereocenters. The molecule has 0 amide bonds. The first-order valence-corrected chi connectivity index (χ1v) is 6.08. The Hall–Kier alpha value is -1.02. The van der Waals surface area contributed by atoms with Crippen LogP contribution < -0.4 is 4.74 Å². The van der Waals surface area contributed by atoms with E-state index in [-0.39, 0.29) is 5.41 Å². The third-order valence-corrected chi connectivity index (χ3v) is 3.34. The fourth-order valence-corrected chi connectivity index (χ4v) is 2.34. The minimum absolute atomic E-state index is 0.0252. The summed E-state index contributed by atoms with van der Waals surface area (Å²) in [4.78, 5) is 1.56. The van der Waals surface area contributed by atoms with Crippen molar-refractivity contribution in [1.82, 2.24) is 4.90 Å². The van der Waals surface area contributed by atoms with Crippen LogP contribution in [-0.2, 0) is 18.4 Å². The quantitative estimate of drug-likeness (QED) is 0.743. The minimum Gasteiger partial charge on any atom is -0.496 e. The Balaban J connectivity index is 2.42. The van der Waals surface area contributed by atoms with Crippen molar-refractivity contribution in [2.24, 2.45) is 0 Å². The number of hydrogen-bond donors (Lipinski definition) is 0. The molecule has 0 unspecified atom stereocenters. The van der Waals surface area contributed by atoms with E-state index in [2.05, 4.69) is 32.9 Å². The Morgan fingerprint density at radius 2 is 2.06 bits per heavy atom. The molecule has 94 valence electrons. The molecule has 0 saturated heterocycles. The Bertz CT molecular complexity index is 503. The molecule has 17 heavy (non-hydrogen) atoms. The van der Waals surface area contributed by atoms with Crippen molar-refractivity contribution < 1.29 is 8.85 Å². The molecule has 0 fully saturated rings. The van der Waals surface area contributed by atoms with Crippen molar-refractivity contribution >= 4 is 0 Å². The zero-order valence-corrected chi connectivity index (χ0v) is 11.1. The predicted molar refractivity (Wildman–Crippen MR) is 71.7 cm³/mol. The van der Waals surface area contributed by atoms with Gasteiger partial charge in [0.15, 0.2) is 0 Å². The van der Waals surface area contributed by atoms with E-state index in [9.17, 15) is 0 Å². The van der Waals surface area contributed by atoms with Gasteiger partial charge in [0.05, 0.1) is 7.11 Å². The monoisotopic (exact) mass is 236 g/mol. The van der Waals surface area contributed by atoms with Gasteiger partial charge in [0.1, 0.15) is 5.75 Å². The van der Waals surface area contributed by atoms with Gasteiger partial charge >= 0.3 is 0 Å². The number of hydrogen-bond acceptors (Lipinski definition) is 2. The molecule has 1 aromatic carbocycles. The van der Waals surface area contributed by atoms with Crippen molar-refractivity contribution in [1.29, 1.82) is 0 Å². The summed E-state index contributed by atoms with van der Waals surface area (Å²) in [6.07, 6.45) is 0.758. The highest BCUT2D eigenvalue weighted by molar-refractivity contribution is 5.46. The largest absolute Gasteiger partial charge is 0.496 e. The van der Waals surface area contributed by atoms with Gasteiger partial charge in [-0.3, -0.25) is 0 Å². The summed E-state index contributed by atoms with van der Waals surface area (Å²) < 4.78 is 28.2. The van der Waals surface area contributed by atoms with E-state index < -0.39 is 6.98 Å². The first-order valence-electron chi connectivity index (χ1n) is 7.58. The fraction of sp³-hybridized carbons (Fsp3) is 0.600. The SMILES string of the molecule is [2H]C([2H])([2H])N1CCc2cc(OC)c(C(C)(C)C)cc2C1. The van der Waals surface area contributed by atoms with E-state index in [0.717, 1.165) is 23.3 Å². The molecule has 2 rings (SSSR count). The van der Waals surface area contributed by atoms with Crippen LogP contribution in [0.2, 0.25) is 0 Å². The maximum atomic E-state index is 7.56. The van der Waals surface area contributed by atoms with E-state index >= 15 is 0 Å². The Morgan fingerprint density at radius 3 is 2.65 bits per heavy atom. The lowest BCUT2D eigenvalue weighted by atomic mass is 9.83. The molecule has 0 N–H and O–H groups in total. The molecule has 1 heterocycles. The molecule has 0 saturated carbocycles. The highest BCUT2D eigenvalue weighted by Gasteiger charge is 2.23. The molecule has 1 aliphatic rings. The fourth-order valence-electron chi connectivity index (χ4n) is 2.34. The van der Waals surface area contributed by atoms with Crippen molar-refractivity contribution in [2.45, 2.75) is 39.2 Å². The third-order valence-electron chi connectivity index (χ3n) is 3.34. The van der Waals surface area contributed by atoms with Gasteiger partial charge in [-0.2, -0.15) is 0 Å². The van der Waals surface area contributed by atoms with Crippen molar-refractivity contribution in [3.63, 3.8) is 0 Å². The lowest BCUT2D eigenvalue weighted by Crippen LogP contribution is -2.27. The van der Waals surface area contributed by atoms with Crippen LogP contribution in [0.25, 0.3) is 0 Å². The normalized spacial score (nSPS) is 20.1. The summed E-state index contributed by atoms with van der Waals surface area (Å²) in [6, 6.07) is 4.19. The van der Waals surface area contributed by atoms with E-state index in [0.29, 0.717) is 13.1 Å². The van der Waals surface area contributed by atoms with Gasteiger partial charge < -0.3 is 9.64 Å². The van der Waals surface area contributed by atoms with Crippen LogP contribution in [0.4, 0.5) is 0 Å². The zero-order valence-electron chi connectivity index (χ0n) is 14.1. The molecule has 2 heteroatoms. The molecule has 1 aliphatic heterocycles. The van der Waals surface area contributed by atoms with Gasteiger partial charge in [0.2, 0.25) is 0 Å². The number of benzene rings is 1. The zero-order chi connectivity index (χ0) is 15.1. The molecule has 0 aliphatic carbocycles. The second-order valence-electron chi connectivity index (χ2n) is 5.74.